The van der Waals surface area contributed by atoms with E-state index >= 15 is 0 Å². The molecule has 2 heterocycles. The highest BCUT2D eigenvalue weighted by Gasteiger charge is 2.31. The van der Waals surface area contributed by atoms with Crippen molar-refractivity contribution in [2.45, 2.75) is 32.5 Å². The van der Waals surface area contributed by atoms with Gasteiger partial charge in [-0.05, 0) is 73.0 Å². The molecule has 0 bridgehead atoms. The number of alkyl halides is 3. The van der Waals surface area contributed by atoms with E-state index in [0.29, 0.717) is 77.5 Å². The van der Waals surface area contributed by atoms with Crippen molar-refractivity contribution in [1.29, 1.82) is 0 Å². The molecule has 4 aromatic rings. The quantitative estimate of drug-likeness (QED) is 0.243. The van der Waals surface area contributed by atoms with Crippen LogP contribution in [0.3, 0.4) is 0 Å². The summed E-state index contributed by atoms with van der Waals surface area (Å²) < 4.78 is 52.3. The molecular formula is C34H37F3N4O4. The van der Waals surface area contributed by atoms with Crippen molar-refractivity contribution in [2.75, 3.05) is 46.9 Å². The molecule has 1 aliphatic heterocycles. The maximum atomic E-state index is 13.9. The highest BCUT2D eigenvalue weighted by Crippen LogP contribution is 2.39. The lowest BCUT2D eigenvalue weighted by Crippen LogP contribution is -2.51. The minimum atomic E-state index is -4.44. The fraction of sp³-hybridized carbons (Fsp3) is 0.353. The van der Waals surface area contributed by atoms with Gasteiger partial charge >= 0.3 is 6.18 Å². The predicted octanol–water partition coefficient (Wildman–Crippen LogP) is 5.91. The van der Waals surface area contributed by atoms with E-state index in [9.17, 15) is 22.8 Å². The van der Waals surface area contributed by atoms with Crippen molar-refractivity contribution < 1.29 is 32.2 Å². The van der Waals surface area contributed by atoms with Crippen LogP contribution in [0.5, 0.6) is 11.5 Å². The van der Waals surface area contributed by atoms with Crippen molar-refractivity contribution in [2.24, 2.45) is 0 Å². The van der Waals surface area contributed by atoms with Crippen LogP contribution in [0.15, 0.2) is 60.7 Å². The SMILES string of the molecule is COc1ccc(-c2[nH]c3ccc(-c4cccc(C(=O)N5CCN(CC(=O)NC(C)C)CC5)c4)cc3c2CC(F)(F)F)cc1OC. The number of hydrogen-bond donors (Lipinski definition) is 2. The Morgan fingerprint density at radius 1 is 0.889 bits per heavy atom. The Balaban J connectivity index is 1.41. The summed E-state index contributed by atoms with van der Waals surface area (Å²) >= 11 is 0. The third-order valence-electron chi connectivity index (χ3n) is 7.87. The zero-order valence-electron chi connectivity index (χ0n) is 25.8. The minimum Gasteiger partial charge on any atom is -0.493 e. The Bertz CT molecular complexity index is 1690. The molecule has 45 heavy (non-hydrogen) atoms. The standard InChI is InChI=1S/C34H37F3N4O4/c1-21(2)38-31(42)20-40-12-14-41(15-13-40)33(43)25-7-5-6-22(16-25)23-8-10-28-26(17-23)27(19-34(35,36)37)32(39-28)24-9-11-29(44-3)30(18-24)45-4/h5-11,16-18,21,39H,12-15,19-20H2,1-4H3,(H,38,42). The van der Waals surface area contributed by atoms with Gasteiger partial charge in [0.05, 0.1) is 32.9 Å². The van der Waals surface area contributed by atoms with Crippen LogP contribution in [-0.4, -0.2) is 85.8 Å². The van der Waals surface area contributed by atoms with Gasteiger partial charge in [0, 0.05) is 54.3 Å². The Hall–Kier alpha value is -4.51. The second-order valence-corrected chi connectivity index (χ2v) is 11.5. The lowest BCUT2D eigenvalue weighted by Gasteiger charge is -2.34. The lowest BCUT2D eigenvalue weighted by molar-refractivity contribution is -0.127. The first-order valence-corrected chi connectivity index (χ1v) is 14.8. The fourth-order valence-electron chi connectivity index (χ4n) is 5.74. The van der Waals surface area contributed by atoms with Gasteiger partial charge < -0.3 is 24.7 Å². The summed E-state index contributed by atoms with van der Waals surface area (Å²) in [5.74, 6) is 0.722. The molecule has 0 aliphatic carbocycles. The van der Waals surface area contributed by atoms with Crippen LogP contribution in [0, 0.1) is 0 Å². The number of nitrogens with one attached hydrogen (secondary N) is 2. The van der Waals surface area contributed by atoms with E-state index < -0.39 is 12.6 Å². The summed E-state index contributed by atoms with van der Waals surface area (Å²) in [5, 5.41) is 3.34. The van der Waals surface area contributed by atoms with Gasteiger partial charge in [-0.2, -0.15) is 13.2 Å². The van der Waals surface area contributed by atoms with Crippen LogP contribution < -0.4 is 14.8 Å². The number of rotatable bonds is 9. The lowest BCUT2D eigenvalue weighted by atomic mass is 9.97. The third kappa shape index (κ3) is 7.42. The maximum Gasteiger partial charge on any atom is 0.393 e. The summed E-state index contributed by atoms with van der Waals surface area (Å²) in [7, 11) is 2.97. The number of methoxy groups -OCH3 is 2. The number of fused-ring (bicyclic) bond motifs is 1. The van der Waals surface area contributed by atoms with Gasteiger partial charge in [-0.1, -0.05) is 18.2 Å². The van der Waals surface area contributed by atoms with Crippen molar-refractivity contribution in [3.63, 3.8) is 0 Å². The van der Waals surface area contributed by atoms with E-state index in [2.05, 4.69) is 10.3 Å². The maximum absolute atomic E-state index is 13.9. The zero-order valence-corrected chi connectivity index (χ0v) is 25.8. The number of amides is 2. The summed E-state index contributed by atoms with van der Waals surface area (Å²) in [4.78, 5) is 32.5. The monoisotopic (exact) mass is 622 g/mol. The van der Waals surface area contributed by atoms with Crippen LogP contribution in [-0.2, 0) is 11.2 Å². The number of carbonyl (C=O) groups excluding carboxylic acids is 2. The molecule has 238 valence electrons. The average molecular weight is 623 g/mol. The van der Waals surface area contributed by atoms with E-state index in [0.717, 1.165) is 5.56 Å². The highest BCUT2D eigenvalue weighted by atomic mass is 19.4. The van der Waals surface area contributed by atoms with Crippen molar-refractivity contribution >= 4 is 22.7 Å². The van der Waals surface area contributed by atoms with E-state index in [1.807, 2.05) is 30.9 Å². The molecule has 2 amide bonds. The molecule has 1 saturated heterocycles. The number of halogens is 3. The van der Waals surface area contributed by atoms with Crippen LogP contribution in [0.25, 0.3) is 33.3 Å². The number of carbonyl (C=O) groups is 2. The molecule has 1 aliphatic rings. The predicted molar refractivity (Wildman–Crippen MR) is 168 cm³/mol. The summed E-state index contributed by atoms with van der Waals surface area (Å²) in [6, 6.07) is 17.6. The summed E-state index contributed by atoms with van der Waals surface area (Å²) in [6.45, 7) is 6.29. The first-order chi connectivity index (χ1) is 21.5. The summed E-state index contributed by atoms with van der Waals surface area (Å²) in [5.41, 5.74) is 3.49. The second kappa shape index (κ2) is 13.2. The van der Waals surface area contributed by atoms with Crippen molar-refractivity contribution in [3.8, 4) is 33.9 Å². The minimum absolute atomic E-state index is 0.0360. The van der Waals surface area contributed by atoms with E-state index in [1.165, 1.54) is 14.2 Å². The smallest absolute Gasteiger partial charge is 0.393 e. The Morgan fingerprint density at radius 2 is 1.58 bits per heavy atom. The topological polar surface area (TPSA) is 86.9 Å². The van der Waals surface area contributed by atoms with Crippen molar-refractivity contribution in [3.05, 3.63) is 71.8 Å². The molecule has 0 spiro atoms. The number of piperazine rings is 1. The van der Waals surface area contributed by atoms with Gasteiger partial charge in [0.25, 0.3) is 5.91 Å². The molecule has 11 heteroatoms. The first kappa shape index (κ1) is 31.9. The van der Waals surface area contributed by atoms with Crippen LogP contribution >= 0.6 is 0 Å². The molecule has 3 aromatic carbocycles. The zero-order chi connectivity index (χ0) is 32.3. The number of benzene rings is 3. The van der Waals surface area contributed by atoms with Gasteiger partial charge in [-0.3, -0.25) is 14.5 Å². The summed E-state index contributed by atoms with van der Waals surface area (Å²) in [6.07, 6.45) is -5.56. The average Bonchev–Trinajstić information content (AvgIpc) is 3.36. The van der Waals surface area contributed by atoms with Gasteiger partial charge in [-0.25, -0.2) is 0 Å². The molecule has 0 atom stereocenters. The molecule has 5 rings (SSSR count). The number of nitrogens with zero attached hydrogens (tertiary/aromatic N) is 2. The fourth-order valence-corrected chi connectivity index (χ4v) is 5.74. The first-order valence-electron chi connectivity index (χ1n) is 14.8. The number of aromatic nitrogens is 1. The van der Waals surface area contributed by atoms with Crippen LogP contribution in [0.4, 0.5) is 13.2 Å². The van der Waals surface area contributed by atoms with E-state index in [4.69, 9.17) is 9.47 Å². The van der Waals surface area contributed by atoms with Crippen LogP contribution in [0.1, 0.15) is 29.8 Å². The molecule has 2 N–H and O–H groups in total. The molecule has 0 saturated carbocycles. The molecule has 1 aromatic heterocycles. The number of ether oxygens (including phenoxy) is 2. The van der Waals surface area contributed by atoms with Gasteiger partial charge in [0.2, 0.25) is 5.91 Å². The molecular weight excluding hydrogens is 585 g/mol. The number of H-pyrrole nitrogens is 1. The Labute approximate surface area is 260 Å². The van der Waals surface area contributed by atoms with E-state index in [1.54, 1.807) is 53.4 Å². The van der Waals surface area contributed by atoms with Crippen molar-refractivity contribution in [1.82, 2.24) is 20.1 Å². The normalized spacial score (nSPS) is 14.2. The molecule has 8 nitrogen and oxygen atoms in total. The van der Waals surface area contributed by atoms with Gasteiger partial charge in [-0.15, -0.1) is 0 Å². The Morgan fingerprint density at radius 3 is 2.24 bits per heavy atom. The second-order valence-electron chi connectivity index (χ2n) is 11.5. The number of hydrogen-bond acceptors (Lipinski definition) is 5. The molecule has 1 fully saturated rings. The highest BCUT2D eigenvalue weighted by molar-refractivity contribution is 5.97. The molecule has 0 unspecified atom stereocenters. The Kier molecular flexibility index (Phi) is 9.38. The molecule has 0 radical (unpaired) electrons. The van der Waals surface area contributed by atoms with E-state index in [-0.39, 0.29) is 23.4 Å². The van der Waals surface area contributed by atoms with Gasteiger partial charge in [0.15, 0.2) is 11.5 Å². The van der Waals surface area contributed by atoms with Crippen LogP contribution in [0.2, 0.25) is 0 Å². The third-order valence-corrected chi connectivity index (χ3v) is 7.87. The van der Waals surface area contributed by atoms with Gasteiger partial charge in [0.1, 0.15) is 0 Å². The largest absolute Gasteiger partial charge is 0.493 e. The number of aromatic amines is 1.